The molecule has 2 heterocycles. The number of carbonyl (C=O) groups excluding carboxylic acids is 1. The molecule has 0 radical (unpaired) electrons. The number of nitrogens with two attached hydrogens (primary N) is 1. The molecule has 0 saturated carbocycles. The smallest absolute Gasteiger partial charge is 0.249 e. The van der Waals surface area contributed by atoms with Crippen LogP contribution in [-0.4, -0.2) is 60.1 Å². The first-order chi connectivity index (χ1) is 10.1. The molecule has 21 heavy (non-hydrogen) atoms. The van der Waals surface area contributed by atoms with Gasteiger partial charge in [0, 0.05) is 49.1 Å². The predicted molar refractivity (Wildman–Crippen MR) is 85.5 cm³/mol. The molecule has 0 aliphatic carbocycles. The van der Waals surface area contributed by atoms with E-state index in [0.29, 0.717) is 11.6 Å². The maximum atomic E-state index is 11.1. The van der Waals surface area contributed by atoms with Gasteiger partial charge in [0.25, 0.3) is 0 Å². The molecular formula is C15H25N3O2S. The van der Waals surface area contributed by atoms with Crippen molar-refractivity contribution in [2.75, 3.05) is 33.3 Å². The van der Waals surface area contributed by atoms with Gasteiger partial charge in [0.1, 0.15) is 0 Å². The van der Waals surface area contributed by atoms with E-state index in [-0.39, 0.29) is 12.5 Å². The van der Waals surface area contributed by atoms with Crippen LogP contribution < -0.4 is 5.73 Å². The maximum Gasteiger partial charge on any atom is 0.249 e. The van der Waals surface area contributed by atoms with Gasteiger partial charge in [-0.1, -0.05) is 0 Å². The average Bonchev–Trinajstić information content (AvgIpc) is 2.94. The van der Waals surface area contributed by atoms with Crippen LogP contribution in [0, 0.1) is 0 Å². The van der Waals surface area contributed by atoms with Crippen molar-refractivity contribution in [3.63, 3.8) is 0 Å². The largest absolute Gasteiger partial charge is 0.396 e. The van der Waals surface area contributed by atoms with Crippen LogP contribution in [0.5, 0.6) is 0 Å². The topological polar surface area (TPSA) is 69.8 Å². The van der Waals surface area contributed by atoms with E-state index < -0.39 is 0 Å². The summed E-state index contributed by atoms with van der Waals surface area (Å²) in [6, 6.07) is 2.53. The monoisotopic (exact) mass is 311 g/mol. The summed E-state index contributed by atoms with van der Waals surface area (Å²) >= 11 is 1.61. The van der Waals surface area contributed by atoms with E-state index in [9.17, 15) is 4.79 Å². The molecule has 0 atom stereocenters. The molecule has 0 spiro atoms. The summed E-state index contributed by atoms with van der Waals surface area (Å²) in [6.07, 6.45) is 3.17. The fourth-order valence-corrected chi connectivity index (χ4v) is 3.75. The highest BCUT2D eigenvalue weighted by atomic mass is 32.1. The van der Waals surface area contributed by atoms with Gasteiger partial charge in [0.05, 0.1) is 5.56 Å². The molecule has 1 aromatic heterocycles. The average molecular weight is 311 g/mol. The number of aliphatic hydroxyl groups is 1. The van der Waals surface area contributed by atoms with Crippen LogP contribution in [0.25, 0.3) is 0 Å². The molecule has 118 valence electrons. The Balaban J connectivity index is 1.77. The molecule has 1 saturated heterocycles. The van der Waals surface area contributed by atoms with Gasteiger partial charge in [-0.15, -0.1) is 11.3 Å². The first kappa shape index (κ1) is 16.4. The second kappa shape index (κ2) is 7.89. The quantitative estimate of drug-likeness (QED) is 0.792. The summed E-state index contributed by atoms with van der Waals surface area (Å²) in [5.41, 5.74) is 5.90. The van der Waals surface area contributed by atoms with Crippen molar-refractivity contribution in [1.82, 2.24) is 9.80 Å². The number of hydrogen-bond acceptors (Lipinski definition) is 5. The molecule has 0 aromatic carbocycles. The number of primary amides is 1. The number of rotatable bonds is 7. The molecular weight excluding hydrogens is 286 g/mol. The normalized spacial score (nSPS) is 17.5. The van der Waals surface area contributed by atoms with E-state index >= 15 is 0 Å². The molecule has 1 aliphatic heterocycles. The van der Waals surface area contributed by atoms with Crippen molar-refractivity contribution in [2.24, 2.45) is 5.73 Å². The number of hydrogen-bond donors (Lipinski definition) is 2. The molecule has 1 amide bonds. The number of carbonyl (C=O) groups is 1. The summed E-state index contributed by atoms with van der Waals surface area (Å²) in [5, 5.41) is 10.7. The first-order valence-electron chi connectivity index (χ1n) is 7.51. The van der Waals surface area contributed by atoms with Crippen molar-refractivity contribution >= 4 is 17.2 Å². The maximum absolute atomic E-state index is 11.1. The third-order valence-electron chi connectivity index (χ3n) is 4.17. The molecule has 6 heteroatoms. The molecule has 3 N–H and O–H groups in total. The van der Waals surface area contributed by atoms with Crippen LogP contribution in [0.2, 0.25) is 0 Å². The highest BCUT2D eigenvalue weighted by Crippen LogP contribution is 2.21. The molecule has 1 fully saturated rings. The molecule has 1 aromatic rings. The molecule has 0 unspecified atom stereocenters. The Labute approximate surface area is 130 Å². The second-order valence-corrected chi connectivity index (χ2v) is 6.73. The number of amides is 1. The summed E-state index contributed by atoms with van der Waals surface area (Å²) < 4.78 is 0. The Morgan fingerprint density at radius 3 is 2.81 bits per heavy atom. The number of aliphatic hydroxyl groups excluding tert-OH is 1. The first-order valence-corrected chi connectivity index (χ1v) is 8.38. The Bertz CT molecular complexity index is 456. The number of piperidine rings is 1. The third-order valence-corrected chi connectivity index (χ3v) is 5.09. The lowest BCUT2D eigenvalue weighted by atomic mass is 10.0. The van der Waals surface area contributed by atoms with Gasteiger partial charge in [-0.2, -0.15) is 0 Å². The van der Waals surface area contributed by atoms with Crippen LogP contribution in [0.3, 0.4) is 0 Å². The summed E-state index contributed by atoms with van der Waals surface area (Å²) in [5.74, 6) is -0.346. The van der Waals surface area contributed by atoms with Crippen molar-refractivity contribution in [1.29, 1.82) is 0 Å². The molecule has 0 bridgehead atoms. The Kier molecular flexibility index (Phi) is 6.17. The standard InChI is InChI=1S/C15H25N3O2S/c1-17(5-2-8-19)13-3-6-18(7-4-13)10-14-9-12(11-21-14)15(16)20/h9,11,13,19H,2-8,10H2,1H3,(H2,16,20). The Hall–Kier alpha value is -0.950. The summed E-state index contributed by atoms with van der Waals surface area (Å²) in [7, 11) is 2.15. The van der Waals surface area contributed by atoms with E-state index in [1.54, 1.807) is 11.3 Å². The van der Waals surface area contributed by atoms with Gasteiger partial charge in [0.2, 0.25) is 5.91 Å². The minimum absolute atomic E-state index is 0.268. The highest BCUT2D eigenvalue weighted by molar-refractivity contribution is 7.10. The van der Waals surface area contributed by atoms with Gasteiger partial charge in [-0.05, 0) is 32.4 Å². The highest BCUT2D eigenvalue weighted by Gasteiger charge is 2.22. The summed E-state index contributed by atoms with van der Waals surface area (Å²) in [6.45, 7) is 4.30. The Morgan fingerprint density at radius 2 is 2.24 bits per heavy atom. The lowest BCUT2D eigenvalue weighted by Crippen LogP contribution is -2.43. The van der Waals surface area contributed by atoms with Crippen LogP contribution >= 0.6 is 11.3 Å². The van der Waals surface area contributed by atoms with E-state index in [0.717, 1.165) is 45.4 Å². The van der Waals surface area contributed by atoms with Gasteiger partial charge < -0.3 is 15.7 Å². The van der Waals surface area contributed by atoms with Gasteiger partial charge in [-0.3, -0.25) is 9.69 Å². The van der Waals surface area contributed by atoms with Gasteiger partial charge in [-0.25, -0.2) is 0 Å². The SMILES string of the molecule is CN(CCCO)C1CCN(Cc2cc(C(N)=O)cs2)CC1. The van der Waals surface area contributed by atoms with Crippen molar-refractivity contribution in [3.8, 4) is 0 Å². The van der Waals surface area contributed by atoms with E-state index in [1.807, 2.05) is 11.4 Å². The van der Waals surface area contributed by atoms with Crippen LogP contribution in [-0.2, 0) is 6.54 Å². The molecule has 1 aliphatic rings. The molecule has 5 nitrogen and oxygen atoms in total. The number of nitrogens with zero attached hydrogens (tertiary/aromatic N) is 2. The fourth-order valence-electron chi connectivity index (χ4n) is 2.83. The fraction of sp³-hybridized carbons (Fsp3) is 0.667. The number of thiophene rings is 1. The van der Waals surface area contributed by atoms with Gasteiger partial charge in [0.15, 0.2) is 0 Å². The van der Waals surface area contributed by atoms with E-state index in [4.69, 9.17) is 10.8 Å². The predicted octanol–water partition coefficient (Wildman–Crippen LogP) is 1.13. The lowest BCUT2D eigenvalue weighted by molar-refractivity contribution is 0.100. The lowest BCUT2D eigenvalue weighted by Gasteiger charge is -2.36. The molecule has 2 rings (SSSR count). The van der Waals surface area contributed by atoms with Gasteiger partial charge >= 0.3 is 0 Å². The van der Waals surface area contributed by atoms with Crippen molar-refractivity contribution in [3.05, 3.63) is 21.9 Å². The minimum Gasteiger partial charge on any atom is -0.396 e. The minimum atomic E-state index is -0.346. The van der Waals surface area contributed by atoms with E-state index in [1.165, 1.54) is 4.88 Å². The van der Waals surface area contributed by atoms with Crippen LogP contribution in [0.15, 0.2) is 11.4 Å². The van der Waals surface area contributed by atoms with Crippen LogP contribution in [0.4, 0.5) is 0 Å². The van der Waals surface area contributed by atoms with E-state index in [2.05, 4.69) is 16.8 Å². The Morgan fingerprint density at radius 1 is 1.52 bits per heavy atom. The summed E-state index contributed by atoms with van der Waals surface area (Å²) in [4.78, 5) is 17.1. The van der Waals surface area contributed by atoms with Crippen molar-refractivity contribution in [2.45, 2.75) is 31.8 Å². The zero-order valence-electron chi connectivity index (χ0n) is 12.6. The zero-order chi connectivity index (χ0) is 15.2. The van der Waals surface area contributed by atoms with Crippen LogP contribution in [0.1, 0.15) is 34.5 Å². The number of likely N-dealkylation sites (tertiary alicyclic amines) is 1. The van der Waals surface area contributed by atoms with Crippen molar-refractivity contribution < 1.29 is 9.90 Å². The zero-order valence-corrected chi connectivity index (χ0v) is 13.4. The third kappa shape index (κ3) is 4.78. The second-order valence-electron chi connectivity index (χ2n) is 5.73.